The number of rotatable bonds is 6. The second kappa shape index (κ2) is 8.79. The zero-order chi connectivity index (χ0) is 21.1. The van der Waals surface area contributed by atoms with Gasteiger partial charge in [-0.1, -0.05) is 0 Å². The molecule has 0 saturated carbocycles. The second-order valence-electron chi connectivity index (χ2n) is 7.35. The molecule has 1 aliphatic heterocycles. The first-order valence-corrected chi connectivity index (χ1v) is 10.8. The van der Waals surface area contributed by atoms with Crippen LogP contribution < -0.4 is 14.8 Å². The zero-order valence-corrected chi connectivity index (χ0v) is 17.9. The number of methoxy groups -OCH3 is 2. The van der Waals surface area contributed by atoms with Crippen LogP contribution in [-0.4, -0.2) is 49.0 Å². The van der Waals surface area contributed by atoms with E-state index in [-0.39, 0.29) is 17.7 Å². The molecule has 0 radical (unpaired) electrons. The number of benzene rings is 1. The Morgan fingerprint density at radius 3 is 2.67 bits per heavy atom. The van der Waals surface area contributed by atoms with Gasteiger partial charge in [-0.3, -0.25) is 9.59 Å². The van der Waals surface area contributed by atoms with Crippen molar-refractivity contribution in [2.45, 2.75) is 19.4 Å². The number of nitrogens with zero attached hydrogens (tertiary/aromatic N) is 1. The number of thiophene rings is 1. The Balaban J connectivity index is 1.30. The number of aromatic nitrogens is 1. The number of hydrogen-bond donors (Lipinski definition) is 2. The summed E-state index contributed by atoms with van der Waals surface area (Å²) in [6, 6.07) is 9.44. The minimum atomic E-state index is -0.0922. The summed E-state index contributed by atoms with van der Waals surface area (Å²) in [6.45, 7) is 1.55. The number of H-pyrrole nitrogens is 1. The SMILES string of the molecule is COc1ccc(CNC(=O)C2CCN(C(=O)c3cc4ccsc4[nH]3)CC2)c(OC)c1. The Labute approximate surface area is 179 Å². The van der Waals surface area contributed by atoms with Crippen molar-refractivity contribution in [1.29, 1.82) is 0 Å². The average molecular weight is 428 g/mol. The van der Waals surface area contributed by atoms with Gasteiger partial charge >= 0.3 is 0 Å². The standard InChI is InChI=1S/C22H25N3O4S/c1-28-17-4-3-16(19(12-17)29-2)13-23-20(26)14-5-8-25(9-6-14)22(27)18-11-15-7-10-30-21(15)24-18/h3-4,7,10-12,14,24H,5-6,8-9,13H2,1-2H3,(H,23,26). The summed E-state index contributed by atoms with van der Waals surface area (Å²) in [5, 5.41) is 6.07. The molecule has 0 aliphatic carbocycles. The number of aromatic amines is 1. The smallest absolute Gasteiger partial charge is 0.270 e. The van der Waals surface area contributed by atoms with Crippen LogP contribution in [0.3, 0.4) is 0 Å². The van der Waals surface area contributed by atoms with Crippen molar-refractivity contribution in [3.8, 4) is 11.5 Å². The van der Waals surface area contributed by atoms with Gasteiger partial charge in [-0.2, -0.15) is 0 Å². The largest absolute Gasteiger partial charge is 0.497 e. The predicted octanol–water partition coefficient (Wildman–Crippen LogP) is 3.42. The molecule has 2 N–H and O–H groups in total. The van der Waals surface area contributed by atoms with Gasteiger partial charge in [0.2, 0.25) is 5.91 Å². The first-order chi connectivity index (χ1) is 14.6. The number of carbonyl (C=O) groups excluding carboxylic acids is 2. The van der Waals surface area contributed by atoms with Crippen molar-refractivity contribution < 1.29 is 19.1 Å². The van der Waals surface area contributed by atoms with Crippen molar-refractivity contribution in [3.63, 3.8) is 0 Å². The molecule has 1 aromatic carbocycles. The minimum Gasteiger partial charge on any atom is -0.497 e. The molecule has 1 aliphatic rings. The number of fused-ring (bicyclic) bond motifs is 1. The van der Waals surface area contributed by atoms with E-state index in [4.69, 9.17) is 9.47 Å². The lowest BCUT2D eigenvalue weighted by molar-refractivity contribution is -0.126. The van der Waals surface area contributed by atoms with Gasteiger partial charge in [0.25, 0.3) is 5.91 Å². The molecular weight excluding hydrogens is 402 g/mol. The van der Waals surface area contributed by atoms with Crippen LogP contribution in [0.2, 0.25) is 0 Å². The molecule has 4 rings (SSSR count). The second-order valence-corrected chi connectivity index (χ2v) is 8.27. The number of piperidine rings is 1. The van der Waals surface area contributed by atoms with Gasteiger partial charge in [0.1, 0.15) is 22.0 Å². The molecule has 8 heteroatoms. The van der Waals surface area contributed by atoms with Gasteiger partial charge in [0.15, 0.2) is 0 Å². The van der Waals surface area contributed by atoms with Crippen LogP contribution in [-0.2, 0) is 11.3 Å². The molecule has 3 aromatic rings. The van der Waals surface area contributed by atoms with Gasteiger partial charge in [-0.05, 0) is 42.5 Å². The lowest BCUT2D eigenvalue weighted by atomic mass is 9.95. The molecular formula is C22H25N3O4S. The van der Waals surface area contributed by atoms with E-state index in [9.17, 15) is 9.59 Å². The molecule has 0 atom stereocenters. The number of carbonyl (C=O) groups is 2. The summed E-state index contributed by atoms with van der Waals surface area (Å²) in [6.07, 6.45) is 1.32. The third-order valence-electron chi connectivity index (χ3n) is 5.57. The van der Waals surface area contributed by atoms with E-state index in [2.05, 4.69) is 10.3 Å². The van der Waals surface area contributed by atoms with Crippen LogP contribution in [0, 0.1) is 5.92 Å². The normalized spacial score (nSPS) is 14.7. The summed E-state index contributed by atoms with van der Waals surface area (Å²) >= 11 is 1.59. The number of amides is 2. The van der Waals surface area contributed by atoms with E-state index < -0.39 is 0 Å². The summed E-state index contributed by atoms with van der Waals surface area (Å²) in [5.41, 5.74) is 1.51. The molecule has 0 bridgehead atoms. The van der Waals surface area contributed by atoms with Crippen molar-refractivity contribution in [1.82, 2.24) is 15.2 Å². The summed E-state index contributed by atoms with van der Waals surface area (Å²) in [5.74, 6) is 1.31. The van der Waals surface area contributed by atoms with Crippen LogP contribution in [0.5, 0.6) is 11.5 Å². The third kappa shape index (κ3) is 4.14. The molecule has 0 spiro atoms. The maximum absolute atomic E-state index is 12.8. The molecule has 30 heavy (non-hydrogen) atoms. The molecule has 3 heterocycles. The highest BCUT2D eigenvalue weighted by atomic mass is 32.1. The van der Waals surface area contributed by atoms with Crippen molar-refractivity contribution in [2.75, 3.05) is 27.3 Å². The maximum atomic E-state index is 12.8. The van der Waals surface area contributed by atoms with E-state index >= 15 is 0 Å². The summed E-state index contributed by atoms with van der Waals surface area (Å²) < 4.78 is 10.6. The van der Waals surface area contributed by atoms with Crippen LogP contribution in [0.1, 0.15) is 28.9 Å². The van der Waals surface area contributed by atoms with E-state index in [0.29, 0.717) is 49.7 Å². The minimum absolute atomic E-state index is 0.000211. The van der Waals surface area contributed by atoms with Crippen LogP contribution in [0.4, 0.5) is 0 Å². The fourth-order valence-corrected chi connectivity index (χ4v) is 4.59. The van der Waals surface area contributed by atoms with Gasteiger partial charge in [0, 0.05) is 42.6 Å². The van der Waals surface area contributed by atoms with Gasteiger partial charge in [-0.15, -0.1) is 11.3 Å². The lowest BCUT2D eigenvalue weighted by Gasteiger charge is -2.31. The van der Waals surface area contributed by atoms with E-state index in [0.717, 1.165) is 15.8 Å². The van der Waals surface area contributed by atoms with Crippen LogP contribution >= 0.6 is 11.3 Å². The van der Waals surface area contributed by atoms with Gasteiger partial charge < -0.3 is 24.7 Å². The number of nitrogens with one attached hydrogen (secondary N) is 2. The molecule has 7 nitrogen and oxygen atoms in total. The predicted molar refractivity (Wildman–Crippen MR) is 116 cm³/mol. The Bertz CT molecular complexity index is 1020. The van der Waals surface area contributed by atoms with Gasteiger partial charge in [0.05, 0.1) is 14.2 Å². The quantitative estimate of drug-likeness (QED) is 0.631. The molecule has 158 valence electrons. The Morgan fingerprint density at radius 1 is 1.17 bits per heavy atom. The number of hydrogen-bond acceptors (Lipinski definition) is 5. The zero-order valence-electron chi connectivity index (χ0n) is 17.1. The summed E-state index contributed by atoms with van der Waals surface area (Å²) in [4.78, 5) is 31.4. The van der Waals surface area contributed by atoms with E-state index in [1.807, 2.05) is 34.5 Å². The topological polar surface area (TPSA) is 83.7 Å². The Hall–Kier alpha value is -3.00. The fraction of sp³-hybridized carbons (Fsp3) is 0.364. The fourth-order valence-electron chi connectivity index (χ4n) is 3.80. The number of likely N-dealkylation sites (tertiary alicyclic amines) is 1. The Kier molecular flexibility index (Phi) is 5.94. The summed E-state index contributed by atoms with van der Waals surface area (Å²) in [7, 11) is 3.20. The highest BCUT2D eigenvalue weighted by Crippen LogP contribution is 2.26. The highest BCUT2D eigenvalue weighted by molar-refractivity contribution is 7.16. The molecule has 1 saturated heterocycles. The average Bonchev–Trinajstić information content (AvgIpc) is 3.39. The Morgan fingerprint density at radius 2 is 1.97 bits per heavy atom. The van der Waals surface area contributed by atoms with E-state index in [1.165, 1.54) is 0 Å². The van der Waals surface area contributed by atoms with Gasteiger partial charge in [-0.25, -0.2) is 0 Å². The first kappa shape index (κ1) is 20.3. The van der Waals surface area contributed by atoms with Crippen molar-refractivity contribution in [2.24, 2.45) is 5.92 Å². The maximum Gasteiger partial charge on any atom is 0.270 e. The lowest BCUT2D eigenvalue weighted by Crippen LogP contribution is -2.43. The van der Waals surface area contributed by atoms with E-state index in [1.54, 1.807) is 31.6 Å². The third-order valence-corrected chi connectivity index (χ3v) is 6.42. The molecule has 1 fully saturated rings. The first-order valence-electron chi connectivity index (χ1n) is 9.93. The highest BCUT2D eigenvalue weighted by Gasteiger charge is 2.28. The van der Waals surface area contributed by atoms with Crippen molar-refractivity contribution >= 4 is 33.4 Å². The van der Waals surface area contributed by atoms with Crippen LogP contribution in [0.25, 0.3) is 10.2 Å². The molecule has 2 amide bonds. The van der Waals surface area contributed by atoms with Crippen LogP contribution in [0.15, 0.2) is 35.7 Å². The molecule has 0 unspecified atom stereocenters. The molecule has 2 aromatic heterocycles. The monoisotopic (exact) mass is 427 g/mol. The number of ether oxygens (including phenoxy) is 2. The van der Waals surface area contributed by atoms with Crippen molar-refractivity contribution in [3.05, 3.63) is 47.0 Å².